The molecule has 1 amide bonds. The highest BCUT2D eigenvalue weighted by Gasteiger charge is 2.22. The van der Waals surface area contributed by atoms with E-state index < -0.39 is 0 Å². The van der Waals surface area contributed by atoms with Crippen molar-refractivity contribution in [3.8, 4) is 0 Å². The van der Waals surface area contributed by atoms with Gasteiger partial charge in [0.25, 0.3) is 5.91 Å². The number of amides is 1. The first-order valence-corrected chi connectivity index (χ1v) is 10.2. The molecule has 29 heavy (non-hydrogen) atoms. The van der Waals surface area contributed by atoms with E-state index in [4.69, 9.17) is 0 Å². The molecule has 3 aromatic rings. The van der Waals surface area contributed by atoms with E-state index in [0.29, 0.717) is 17.6 Å². The summed E-state index contributed by atoms with van der Waals surface area (Å²) in [6.45, 7) is 3.74. The van der Waals surface area contributed by atoms with Gasteiger partial charge in [-0.2, -0.15) is 0 Å². The van der Waals surface area contributed by atoms with Crippen LogP contribution in [0, 0.1) is 12.8 Å². The number of piperidine rings is 1. The van der Waals surface area contributed by atoms with Crippen LogP contribution in [0.15, 0.2) is 66.7 Å². The van der Waals surface area contributed by atoms with Crippen LogP contribution in [0.1, 0.15) is 34.6 Å². The molecule has 0 saturated carbocycles. The zero-order valence-electron chi connectivity index (χ0n) is 16.7. The molecule has 1 aliphatic rings. The molecule has 1 aromatic heterocycles. The highest BCUT2D eigenvalue weighted by molar-refractivity contribution is 6.03. The number of para-hydroxylation sites is 1. The van der Waals surface area contributed by atoms with Gasteiger partial charge in [0, 0.05) is 24.5 Å². The van der Waals surface area contributed by atoms with Gasteiger partial charge in [0.05, 0.1) is 0 Å². The lowest BCUT2D eigenvalue weighted by Crippen LogP contribution is -2.36. The fourth-order valence-electron chi connectivity index (χ4n) is 3.81. The lowest BCUT2D eigenvalue weighted by Gasteiger charge is -2.32. The van der Waals surface area contributed by atoms with Crippen molar-refractivity contribution in [2.24, 2.45) is 5.92 Å². The minimum absolute atomic E-state index is 0.207. The summed E-state index contributed by atoms with van der Waals surface area (Å²) >= 11 is 0. The standard InChI is InChI=1S/C24H26N4O/c1-18-16-22(23(29)26-21-10-6-3-7-11-21)27-24(25-18)28-14-12-20(13-15-28)17-19-8-4-2-5-9-19/h2-11,16,20H,12-15,17H2,1H3,(H,26,29). The Labute approximate surface area is 171 Å². The van der Waals surface area contributed by atoms with Crippen molar-refractivity contribution in [1.29, 1.82) is 0 Å². The number of hydrogen-bond donors (Lipinski definition) is 1. The van der Waals surface area contributed by atoms with Gasteiger partial charge in [0.15, 0.2) is 0 Å². The monoisotopic (exact) mass is 386 g/mol. The first kappa shape index (κ1) is 19.1. The molecule has 1 aliphatic heterocycles. The van der Waals surface area contributed by atoms with E-state index in [2.05, 4.69) is 50.5 Å². The normalized spacial score (nSPS) is 14.6. The van der Waals surface area contributed by atoms with E-state index in [1.54, 1.807) is 6.07 Å². The van der Waals surface area contributed by atoms with Gasteiger partial charge in [-0.25, -0.2) is 9.97 Å². The number of nitrogens with zero attached hydrogens (tertiary/aromatic N) is 3. The Hall–Kier alpha value is -3.21. The van der Waals surface area contributed by atoms with Gasteiger partial charge in [-0.15, -0.1) is 0 Å². The van der Waals surface area contributed by atoms with Gasteiger partial charge in [0.1, 0.15) is 5.69 Å². The number of benzene rings is 2. The van der Waals surface area contributed by atoms with Crippen LogP contribution in [0.25, 0.3) is 0 Å². The van der Waals surface area contributed by atoms with Crippen molar-refractivity contribution in [3.63, 3.8) is 0 Å². The molecular weight excluding hydrogens is 360 g/mol. The number of aryl methyl sites for hydroxylation is 1. The van der Waals surface area contributed by atoms with Crippen LogP contribution in [-0.2, 0) is 6.42 Å². The second-order valence-corrected chi connectivity index (χ2v) is 7.63. The van der Waals surface area contributed by atoms with Gasteiger partial charge >= 0.3 is 0 Å². The molecule has 0 radical (unpaired) electrons. The molecule has 0 atom stereocenters. The molecule has 5 nitrogen and oxygen atoms in total. The number of carbonyl (C=O) groups excluding carboxylic acids is 1. The zero-order chi connectivity index (χ0) is 20.1. The van der Waals surface area contributed by atoms with Crippen LogP contribution < -0.4 is 10.2 Å². The Morgan fingerprint density at radius 2 is 1.66 bits per heavy atom. The first-order valence-electron chi connectivity index (χ1n) is 10.2. The Bertz CT molecular complexity index is 951. The van der Waals surface area contributed by atoms with Crippen LogP contribution >= 0.6 is 0 Å². The van der Waals surface area contributed by atoms with Gasteiger partial charge in [0.2, 0.25) is 5.95 Å². The Balaban J connectivity index is 1.41. The van der Waals surface area contributed by atoms with Gasteiger partial charge in [-0.3, -0.25) is 4.79 Å². The minimum atomic E-state index is -0.207. The molecule has 0 bridgehead atoms. The van der Waals surface area contributed by atoms with Crippen molar-refractivity contribution in [3.05, 3.63) is 83.7 Å². The van der Waals surface area contributed by atoms with E-state index in [1.165, 1.54) is 5.56 Å². The second kappa shape index (κ2) is 8.86. The van der Waals surface area contributed by atoms with Crippen LogP contribution in [0.3, 0.4) is 0 Å². The van der Waals surface area contributed by atoms with Gasteiger partial charge < -0.3 is 10.2 Å². The maximum absolute atomic E-state index is 12.6. The number of anilines is 2. The molecule has 4 rings (SSSR count). The fraction of sp³-hybridized carbons (Fsp3) is 0.292. The highest BCUT2D eigenvalue weighted by atomic mass is 16.1. The first-order chi connectivity index (χ1) is 14.2. The summed E-state index contributed by atoms with van der Waals surface area (Å²) in [6, 6.07) is 21.9. The topological polar surface area (TPSA) is 58.1 Å². The van der Waals surface area contributed by atoms with Crippen molar-refractivity contribution >= 4 is 17.5 Å². The van der Waals surface area contributed by atoms with Crippen molar-refractivity contribution < 1.29 is 4.79 Å². The quantitative estimate of drug-likeness (QED) is 0.702. The Morgan fingerprint density at radius 1 is 1.00 bits per heavy atom. The average Bonchev–Trinajstić information content (AvgIpc) is 2.75. The molecule has 5 heteroatoms. The van der Waals surface area contributed by atoms with Crippen LogP contribution in [0.4, 0.5) is 11.6 Å². The van der Waals surface area contributed by atoms with Crippen LogP contribution in [0.2, 0.25) is 0 Å². The van der Waals surface area contributed by atoms with Gasteiger partial charge in [-0.1, -0.05) is 48.5 Å². The molecule has 1 fully saturated rings. The van der Waals surface area contributed by atoms with Crippen molar-refractivity contribution in [1.82, 2.24) is 9.97 Å². The predicted molar refractivity (Wildman–Crippen MR) is 116 cm³/mol. The molecule has 2 aromatic carbocycles. The van der Waals surface area contributed by atoms with Crippen molar-refractivity contribution in [2.45, 2.75) is 26.2 Å². The SMILES string of the molecule is Cc1cc(C(=O)Nc2ccccc2)nc(N2CCC(Cc3ccccc3)CC2)n1. The van der Waals surface area contributed by atoms with Crippen molar-refractivity contribution in [2.75, 3.05) is 23.3 Å². The highest BCUT2D eigenvalue weighted by Crippen LogP contribution is 2.24. The molecule has 0 spiro atoms. The average molecular weight is 386 g/mol. The van der Waals surface area contributed by atoms with E-state index in [1.807, 2.05) is 37.3 Å². The van der Waals surface area contributed by atoms with E-state index >= 15 is 0 Å². The lowest BCUT2D eigenvalue weighted by molar-refractivity contribution is 0.102. The van der Waals surface area contributed by atoms with Gasteiger partial charge in [-0.05, 0) is 55.9 Å². The van der Waals surface area contributed by atoms with Crippen LogP contribution in [0.5, 0.6) is 0 Å². The summed E-state index contributed by atoms with van der Waals surface area (Å²) in [5.41, 5.74) is 3.37. The summed E-state index contributed by atoms with van der Waals surface area (Å²) in [6.07, 6.45) is 3.34. The van der Waals surface area contributed by atoms with E-state index in [-0.39, 0.29) is 5.91 Å². The maximum Gasteiger partial charge on any atom is 0.274 e. The molecule has 1 saturated heterocycles. The summed E-state index contributed by atoms with van der Waals surface area (Å²) in [7, 11) is 0. The molecule has 1 N–H and O–H groups in total. The fourth-order valence-corrected chi connectivity index (χ4v) is 3.81. The third kappa shape index (κ3) is 4.99. The molecule has 0 aliphatic carbocycles. The third-order valence-corrected chi connectivity index (χ3v) is 5.37. The minimum Gasteiger partial charge on any atom is -0.341 e. The number of nitrogens with one attached hydrogen (secondary N) is 1. The predicted octanol–water partition coefficient (Wildman–Crippen LogP) is 4.50. The molecule has 2 heterocycles. The molecular formula is C24H26N4O. The molecule has 0 unspecified atom stereocenters. The number of carbonyl (C=O) groups is 1. The smallest absolute Gasteiger partial charge is 0.274 e. The zero-order valence-corrected chi connectivity index (χ0v) is 16.7. The summed E-state index contributed by atoms with van der Waals surface area (Å²) < 4.78 is 0. The van der Waals surface area contributed by atoms with Crippen LogP contribution in [-0.4, -0.2) is 29.0 Å². The largest absolute Gasteiger partial charge is 0.341 e. The lowest BCUT2D eigenvalue weighted by atomic mass is 9.90. The number of hydrogen-bond acceptors (Lipinski definition) is 4. The second-order valence-electron chi connectivity index (χ2n) is 7.63. The molecule has 148 valence electrons. The number of rotatable bonds is 5. The van der Waals surface area contributed by atoms with E-state index in [0.717, 1.165) is 43.7 Å². The summed E-state index contributed by atoms with van der Waals surface area (Å²) in [5.74, 6) is 1.13. The third-order valence-electron chi connectivity index (χ3n) is 5.37. The Kier molecular flexibility index (Phi) is 5.84. The maximum atomic E-state index is 12.6. The number of aromatic nitrogens is 2. The summed E-state index contributed by atoms with van der Waals surface area (Å²) in [4.78, 5) is 24.0. The van der Waals surface area contributed by atoms with E-state index in [9.17, 15) is 4.79 Å². The summed E-state index contributed by atoms with van der Waals surface area (Å²) in [5, 5.41) is 2.90. The Morgan fingerprint density at radius 3 is 2.34 bits per heavy atom.